The van der Waals surface area contributed by atoms with Gasteiger partial charge in [0.05, 0.1) is 17.7 Å². The van der Waals surface area contributed by atoms with Gasteiger partial charge in [0.1, 0.15) is 5.75 Å². The summed E-state index contributed by atoms with van der Waals surface area (Å²) in [5, 5.41) is 6.16. The molecule has 2 atom stereocenters. The van der Waals surface area contributed by atoms with E-state index in [0.717, 1.165) is 32.2 Å². The van der Waals surface area contributed by atoms with Gasteiger partial charge in [-0.3, -0.25) is 4.79 Å². The Labute approximate surface area is 160 Å². The van der Waals surface area contributed by atoms with Gasteiger partial charge in [0.15, 0.2) is 0 Å². The van der Waals surface area contributed by atoms with Crippen molar-refractivity contribution < 1.29 is 17.9 Å². The maximum absolute atomic E-state index is 12.6. The van der Waals surface area contributed by atoms with E-state index >= 15 is 0 Å². The second-order valence-corrected chi connectivity index (χ2v) is 8.54. The van der Waals surface area contributed by atoms with Crippen LogP contribution in [0.1, 0.15) is 32.6 Å². The van der Waals surface area contributed by atoms with Gasteiger partial charge in [-0.15, -0.1) is 12.4 Å². The maximum atomic E-state index is 12.6. The minimum absolute atomic E-state index is 0. The number of hydrogen-bond acceptors (Lipinski definition) is 5. The molecule has 146 valence electrons. The third kappa shape index (κ3) is 5.09. The SMILES string of the molecule is COc1ccc(S(=O)(=O)NC2CC2)cc1NC(=O)[C@H]1CCN[C@@H](C)C1.Cl. The summed E-state index contributed by atoms with van der Waals surface area (Å²) in [4.78, 5) is 12.7. The van der Waals surface area contributed by atoms with Crippen LogP contribution in [0.4, 0.5) is 5.69 Å². The van der Waals surface area contributed by atoms with Gasteiger partial charge < -0.3 is 15.4 Å². The molecule has 3 rings (SSSR count). The number of carbonyl (C=O) groups excluding carboxylic acids is 1. The number of carbonyl (C=O) groups is 1. The standard InChI is InChI=1S/C17H25N3O4S.ClH/c1-11-9-12(7-8-18-11)17(21)19-15-10-14(5-6-16(15)24-2)25(22,23)20-13-3-4-13;/h5-6,10-13,18,20H,3-4,7-9H2,1-2H3,(H,19,21);1H/t11-,12-;/m0./s1. The van der Waals surface area contributed by atoms with Crippen LogP contribution in [0.5, 0.6) is 5.75 Å². The molecule has 1 heterocycles. The molecule has 2 aliphatic rings. The van der Waals surface area contributed by atoms with Gasteiger partial charge in [0.25, 0.3) is 0 Å². The quantitative estimate of drug-likeness (QED) is 0.674. The number of methoxy groups -OCH3 is 1. The molecular formula is C17H26ClN3O4S. The topological polar surface area (TPSA) is 96.5 Å². The van der Waals surface area contributed by atoms with Crippen LogP contribution in [0.3, 0.4) is 0 Å². The smallest absolute Gasteiger partial charge is 0.240 e. The predicted octanol–water partition coefficient (Wildman–Crippen LogP) is 1.88. The summed E-state index contributed by atoms with van der Waals surface area (Å²) in [6.45, 7) is 2.85. The number of nitrogens with one attached hydrogen (secondary N) is 3. The first-order chi connectivity index (χ1) is 11.9. The summed E-state index contributed by atoms with van der Waals surface area (Å²) < 4.78 is 32.7. The molecule has 2 fully saturated rings. The molecule has 1 saturated carbocycles. The van der Waals surface area contributed by atoms with Crippen molar-refractivity contribution >= 4 is 34.0 Å². The molecule has 0 radical (unpaired) electrons. The molecule has 1 aromatic rings. The van der Waals surface area contributed by atoms with Crippen molar-refractivity contribution in [3.8, 4) is 5.75 Å². The molecule has 1 aliphatic carbocycles. The lowest BCUT2D eigenvalue weighted by Gasteiger charge is -2.27. The number of anilines is 1. The summed E-state index contributed by atoms with van der Waals surface area (Å²) in [6.07, 6.45) is 3.26. The fourth-order valence-corrected chi connectivity index (χ4v) is 4.38. The molecule has 0 spiro atoms. The van der Waals surface area contributed by atoms with Gasteiger partial charge in [-0.2, -0.15) is 0 Å². The van der Waals surface area contributed by atoms with Crippen molar-refractivity contribution in [2.24, 2.45) is 5.92 Å². The van der Waals surface area contributed by atoms with Gasteiger partial charge in [0, 0.05) is 18.0 Å². The first-order valence-electron chi connectivity index (χ1n) is 8.63. The Hall–Kier alpha value is -1.35. The fraction of sp³-hybridized carbons (Fsp3) is 0.588. The zero-order valence-corrected chi connectivity index (χ0v) is 16.6. The third-order valence-corrected chi connectivity index (χ3v) is 6.15. The van der Waals surface area contributed by atoms with E-state index in [1.165, 1.54) is 19.2 Å². The van der Waals surface area contributed by atoms with Crippen LogP contribution in [0, 0.1) is 5.92 Å². The normalized spacial score (nSPS) is 23.0. The number of ether oxygens (including phenoxy) is 1. The number of sulfonamides is 1. The van der Waals surface area contributed by atoms with E-state index in [-0.39, 0.29) is 35.2 Å². The van der Waals surface area contributed by atoms with Crippen molar-refractivity contribution in [3.05, 3.63) is 18.2 Å². The van der Waals surface area contributed by atoms with Crippen LogP contribution in [-0.4, -0.2) is 40.1 Å². The van der Waals surface area contributed by atoms with E-state index < -0.39 is 10.0 Å². The molecular weight excluding hydrogens is 378 g/mol. The molecule has 1 amide bonds. The highest BCUT2D eigenvalue weighted by Crippen LogP contribution is 2.30. The summed E-state index contributed by atoms with van der Waals surface area (Å²) >= 11 is 0. The lowest BCUT2D eigenvalue weighted by atomic mass is 9.92. The zero-order chi connectivity index (χ0) is 18.0. The Balaban J connectivity index is 0.00000243. The summed E-state index contributed by atoms with van der Waals surface area (Å²) in [6, 6.07) is 4.85. The van der Waals surface area contributed by atoms with Crippen LogP contribution in [-0.2, 0) is 14.8 Å². The lowest BCUT2D eigenvalue weighted by molar-refractivity contribution is -0.120. The van der Waals surface area contributed by atoms with E-state index in [1.54, 1.807) is 6.07 Å². The van der Waals surface area contributed by atoms with Crippen molar-refractivity contribution in [1.82, 2.24) is 10.0 Å². The molecule has 7 nitrogen and oxygen atoms in total. The minimum Gasteiger partial charge on any atom is -0.495 e. The molecule has 3 N–H and O–H groups in total. The average molecular weight is 404 g/mol. The van der Waals surface area contributed by atoms with E-state index in [9.17, 15) is 13.2 Å². The number of piperidine rings is 1. The highest BCUT2D eigenvalue weighted by atomic mass is 35.5. The largest absolute Gasteiger partial charge is 0.495 e. The van der Waals surface area contributed by atoms with Crippen LogP contribution in [0.25, 0.3) is 0 Å². The summed E-state index contributed by atoms with van der Waals surface area (Å²) in [5.74, 6) is 0.253. The predicted molar refractivity (Wildman–Crippen MR) is 102 cm³/mol. The first kappa shape index (κ1) is 21.0. The molecule has 26 heavy (non-hydrogen) atoms. The number of halogens is 1. The number of rotatable bonds is 6. The zero-order valence-electron chi connectivity index (χ0n) is 14.9. The highest BCUT2D eigenvalue weighted by molar-refractivity contribution is 7.89. The summed E-state index contributed by atoms with van der Waals surface area (Å²) in [7, 11) is -2.09. The second kappa shape index (κ2) is 8.56. The number of hydrogen-bond donors (Lipinski definition) is 3. The maximum Gasteiger partial charge on any atom is 0.240 e. The number of benzene rings is 1. The van der Waals surface area contributed by atoms with Crippen molar-refractivity contribution in [2.45, 2.75) is 49.6 Å². The van der Waals surface area contributed by atoms with Crippen molar-refractivity contribution in [2.75, 3.05) is 19.0 Å². The molecule has 1 aromatic carbocycles. The van der Waals surface area contributed by atoms with Gasteiger partial charge in [-0.1, -0.05) is 0 Å². The Morgan fingerprint density at radius 2 is 2.00 bits per heavy atom. The first-order valence-corrected chi connectivity index (χ1v) is 10.1. The van der Waals surface area contributed by atoms with Gasteiger partial charge in [-0.25, -0.2) is 13.1 Å². The monoisotopic (exact) mass is 403 g/mol. The van der Waals surface area contributed by atoms with E-state index in [1.807, 2.05) is 0 Å². The summed E-state index contributed by atoms with van der Waals surface area (Å²) in [5.41, 5.74) is 0.386. The lowest BCUT2D eigenvalue weighted by Crippen LogP contribution is -2.40. The third-order valence-electron chi connectivity index (χ3n) is 4.63. The van der Waals surface area contributed by atoms with Crippen LogP contribution in [0.15, 0.2) is 23.1 Å². The second-order valence-electron chi connectivity index (χ2n) is 6.82. The van der Waals surface area contributed by atoms with Crippen LogP contribution < -0.4 is 20.1 Å². The van der Waals surface area contributed by atoms with E-state index in [4.69, 9.17) is 4.74 Å². The Bertz CT molecular complexity index is 752. The van der Waals surface area contributed by atoms with Crippen molar-refractivity contribution in [3.63, 3.8) is 0 Å². The fourth-order valence-electron chi connectivity index (χ4n) is 3.05. The average Bonchev–Trinajstić information content (AvgIpc) is 3.38. The molecule has 0 bridgehead atoms. The van der Waals surface area contributed by atoms with E-state index in [0.29, 0.717) is 17.5 Å². The van der Waals surface area contributed by atoms with Gasteiger partial charge in [0.2, 0.25) is 15.9 Å². The highest BCUT2D eigenvalue weighted by Gasteiger charge is 2.29. The van der Waals surface area contributed by atoms with Crippen molar-refractivity contribution in [1.29, 1.82) is 0 Å². The Kier molecular flexibility index (Phi) is 6.90. The Morgan fingerprint density at radius 3 is 2.62 bits per heavy atom. The molecule has 9 heteroatoms. The van der Waals surface area contributed by atoms with Gasteiger partial charge in [-0.05, 0) is 57.4 Å². The molecule has 0 unspecified atom stereocenters. The minimum atomic E-state index is -3.58. The van der Waals surface area contributed by atoms with Crippen LogP contribution in [0.2, 0.25) is 0 Å². The van der Waals surface area contributed by atoms with Gasteiger partial charge >= 0.3 is 0 Å². The van der Waals surface area contributed by atoms with Crippen LogP contribution >= 0.6 is 12.4 Å². The Morgan fingerprint density at radius 1 is 1.27 bits per heavy atom. The molecule has 1 saturated heterocycles. The molecule has 0 aromatic heterocycles. The molecule has 1 aliphatic heterocycles. The number of amides is 1. The van der Waals surface area contributed by atoms with E-state index in [2.05, 4.69) is 22.3 Å².